The summed E-state index contributed by atoms with van der Waals surface area (Å²) in [6.07, 6.45) is 1.73. The van der Waals surface area contributed by atoms with Crippen LogP contribution in [0.4, 0.5) is 0 Å². The maximum absolute atomic E-state index is 11.4. The number of para-hydroxylation sites is 1. The number of halogens is 1. The second kappa shape index (κ2) is 6.65. The summed E-state index contributed by atoms with van der Waals surface area (Å²) in [5, 5.41) is 9.34. The van der Waals surface area contributed by atoms with Crippen molar-refractivity contribution < 1.29 is 14.6 Å². The Morgan fingerprint density at radius 3 is 2.83 bits per heavy atom. The number of aliphatic carboxylic acids is 1. The predicted molar refractivity (Wildman–Crippen MR) is 95.6 cm³/mol. The van der Waals surface area contributed by atoms with Crippen LogP contribution in [0.1, 0.15) is 18.2 Å². The first-order chi connectivity index (χ1) is 11.5. The van der Waals surface area contributed by atoms with E-state index in [4.69, 9.17) is 9.72 Å². The second-order valence-electron chi connectivity index (χ2n) is 5.44. The average Bonchev–Trinajstić information content (AvgIpc) is 2.86. The Bertz CT molecular complexity index is 918. The summed E-state index contributed by atoms with van der Waals surface area (Å²) < 4.78 is 8.41. The fourth-order valence-corrected chi connectivity index (χ4v) is 3.34. The molecule has 1 N–H and O–H groups in total. The van der Waals surface area contributed by atoms with Crippen LogP contribution in [-0.2, 0) is 11.2 Å². The van der Waals surface area contributed by atoms with Crippen LogP contribution in [0.25, 0.3) is 16.9 Å². The minimum atomic E-state index is -0.899. The van der Waals surface area contributed by atoms with Crippen molar-refractivity contribution in [1.29, 1.82) is 0 Å². The van der Waals surface area contributed by atoms with Crippen molar-refractivity contribution >= 4 is 27.5 Å². The van der Waals surface area contributed by atoms with Crippen molar-refractivity contribution in [2.24, 2.45) is 0 Å². The van der Waals surface area contributed by atoms with Gasteiger partial charge in [0.25, 0.3) is 0 Å². The molecule has 0 fully saturated rings. The van der Waals surface area contributed by atoms with E-state index in [0.717, 1.165) is 21.2 Å². The van der Waals surface area contributed by atoms with Gasteiger partial charge in [0.2, 0.25) is 0 Å². The molecule has 0 saturated carbocycles. The van der Waals surface area contributed by atoms with E-state index in [2.05, 4.69) is 15.9 Å². The summed E-state index contributed by atoms with van der Waals surface area (Å²) in [5.41, 5.74) is 3.79. The molecule has 0 unspecified atom stereocenters. The van der Waals surface area contributed by atoms with Crippen LogP contribution in [-0.4, -0.2) is 27.1 Å². The lowest BCUT2D eigenvalue weighted by molar-refractivity contribution is -0.136. The third-order valence-corrected chi connectivity index (χ3v) is 4.16. The zero-order valence-electron chi connectivity index (χ0n) is 13.4. The monoisotopic (exact) mass is 388 g/mol. The zero-order chi connectivity index (χ0) is 17.3. The number of aryl methyl sites for hydroxylation is 1. The summed E-state index contributed by atoms with van der Waals surface area (Å²) in [5.74, 6) is -0.198. The van der Waals surface area contributed by atoms with Crippen LogP contribution in [0.3, 0.4) is 0 Å². The summed E-state index contributed by atoms with van der Waals surface area (Å²) in [6.45, 7) is 4.40. The smallest absolute Gasteiger partial charge is 0.309 e. The minimum Gasteiger partial charge on any atom is -0.493 e. The molecule has 0 atom stereocenters. The highest BCUT2D eigenvalue weighted by molar-refractivity contribution is 9.10. The van der Waals surface area contributed by atoms with Crippen LogP contribution in [0, 0.1) is 6.92 Å². The number of nitrogens with zero attached hydrogens (tertiary/aromatic N) is 2. The van der Waals surface area contributed by atoms with Crippen molar-refractivity contribution in [3.8, 4) is 17.0 Å². The maximum Gasteiger partial charge on any atom is 0.309 e. The molecular weight excluding hydrogens is 372 g/mol. The normalized spacial score (nSPS) is 11.0. The lowest BCUT2D eigenvalue weighted by Crippen LogP contribution is -2.05. The molecule has 2 aromatic heterocycles. The number of carboxylic acid groups (broad SMARTS) is 1. The van der Waals surface area contributed by atoms with E-state index < -0.39 is 5.97 Å². The summed E-state index contributed by atoms with van der Waals surface area (Å²) in [6, 6.07) is 9.53. The lowest BCUT2D eigenvalue weighted by atomic mass is 10.1. The molecule has 2 heterocycles. The topological polar surface area (TPSA) is 63.8 Å². The Morgan fingerprint density at radius 2 is 2.12 bits per heavy atom. The maximum atomic E-state index is 11.4. The number of benzene rings is 1. The second-order valence-corrected chi connectivity index (χ2v) is 6.36. The Labute approximate surface area is 148 Å². The first-order valence-corrected chi connectivity index (χ1v) is 8.41. The molecule has 0 saturated heterocycles. The number of hydrogen-bond donors (Lipinski definition) is 1. The van der Waals surface area contributed by atoms with Gasteiger partial charge < -0.3 is 14.2 Å². The van der Waals surface area contributed by atoms with Crippen LogP contribution in [0.15, 0.2) is 41.0 Å². The molecule has 0 bridgehead atoms. The van der Waals surface area contributed by atoms with E-state index >= 15 is 0 Å². The van der Waals surface area contributed by atoms with Gasteiger partial charge in [-0.1, -0.05) is 12.1 Å². The van der Waals surface area contributed by atoms with Gasteiger partial charge in [-0.25, -0.2) is 4.98 Å². The van der Waals surface area contributed by atoms with Gasteiger partial charge in [-0.2, -0.15) is 0 Å². The van der Waals surface area contributed by atoms with Gasteiger partial charge in [-0.05, 0) is 53.5 Å². The first kappa shape index (κ1) is 16.5. The highest BCUT2D eigenvalue weighted by Crippen LogP contribution is 2.34. The summed E-state index contributed by atoms with van der Waals surface area (Å²) in [7, 11) is 0. The highest BCUT2D eigenvalue weighted by Gasteiger charge is 2.20. The van der Waals surface area contributed by atoms with E-state index in [1.54, 1.807) is 0 Å². The van der Waals surface area contributed by atoms with E-state index in [-0.39, 0.29) is 6.42 Å². The van der Waals surface area contributed by atoms with Crippen molar-refractivity contribution in [2.45, 2.75) is 20.3 Å². The Hall–Kier alpha value is -2.34. The third kappa shape index (κ3) is 3.01. The molecule has 0 amide bonds. The molecule has 3 rings (SSSR count). The van der Waals surface area contributed by atoms with Gasteiger partial charge >= 0.3 is 5.97 Å². The number of carboxylic acids is 1. The standard InChI is InChI=1S/C18H17BrN2O3/c1-3-24-15-7-5-4-6-13(15)17-14(9-16(22)23)21-10-12(19)8-11(2)18(21)20-17/h4-8,10H,3,9H2,1-2H3,(H,22,23). The number of carbonyl (C=O) groups is 1. The molecule has 3 aromatic rings. The quantitative estimate of drug-likeness (QED) is 0.714. The van der Waals surface area contributed by atoms with Gasteiger partial charge in [0.15, 0.2) is 0 Å². The Balaban J connectivity index is 2.31. The summed E-state index contributed by atoms with van der Waals surface area (Å²) >= 11 is 3.47. The summed E-state index contributed by atoms with van der Waals surface area (Å²) in [4.78, 5) is 16.1. The van der Waals surface area contributed by atoms with Crippen molar-refractivity contribution in [3.05, 3.63) is 52.3 Å². The highest BCUT2D eigenvalue weighted by atomic mass is 79.9. The Morgan fingerprint density at radius 1 is 1.38 bits per heavy atom. The predicted octanol–water partition coefficient (Wildman–Crippen LogP) is 4.10. The number of aromatic nitrogens is 2. The molecule has 0 radical (unpaired) electrons. The molecule has 0 spiro atoms. The minimum absolute atomic E-state index is 0.118. The fourth-order valence-electron chi connectivity index (χ4n) is 2.79. The van der Waals surface area contributed by atoms with Gasteiger partial charge in [0.1, 0.15) is 11.4 Å². The molecule has 0 aliphatic rings. The van der Waals surface area contributed by atoms with Crippen molar-refractivity contribution in [3.63, 3.8) is 0 Å². The number of fused-ring (bicyclic) bond motifs is 1. The number of ether oxygens (including phenoxy) is 1. The number of imidazole rings is 1. The fraction of sp³-hybridized carbons (Fsp3) is 0.222. The number of rotatable bonds is 5. The van der Waals surface area contributed by atoms with E-state index in [1.165, 1.54) is 0 Å². The molecule has 1 aromatic carbocycles. The van der Waals surface area contributed by atoms with E-state index in [1.807, 2.05) is 54.8 Å². The first-order valence-electron chi connectivity index (χ1n) is 7.62. The molecule has 124 valence electrons. The van der Waals surface area contributed by atoms with Crippen molar-refractivity contribution in [2.75, 3.05) is 6.61 Å². The molecule has 5 nitrogen and oxygen atoms in total. The average molecular weight is 389 g/mol. The third-order valence-electron chi connectivity index (χ3n) is 3.73. The van der Waals surface area contributed by atoms with Gasteiger partial charge in [-0.15, -0.1) is 0 Å². The van der Waals surface area contributed by atoms with Crippen LogP contribution >= 0.6 is 15.9 Å². The SMILES string of the molecule is CCOc1ccccc1-c1nc2c(C)cc(Br)cn2c1CC(=O)O. The lowest BCUT2D eigenvalue weighted by Gasteiger charge is -2.09. The van der Waals surface area contributed by atoms with Crippen LogP contribution in [0.2, 0.25) is 0 Å². The van der Waals surface area contributed by atoms with Gasteiger partial charge in [0, 0.05) is 16.2 Å². The van der Waals surface area contributed by atoms with E-state index in [0.29, 0.717) is 23.7 Å². The molecule has 6 heteroatoms. The number of pyridine rings is 1. The van der Waals surface area contributed by atoms with Crippen LogP contribution in [0.5, 0.6) is 5.75 Å². The van der Waals surface area contributed by atoms with Gasteiger partial charge in [-0.3, -0.25) is 4.79 Å². The Kier molecular flexibility index (Phi) is 4.57. The van der Waals surface area contributed by atoms with E-state index in [9.17, 15) is 9.90 Å². The largest absolute Gasteiger partial charge is 0.493 e. The molecule has 0 aliphatic heterocycles. The van der Waals surface area contributed by atoms with Crippen molar-refractivity contribution in [1.82, 2.24) is 9.38 Å². The molecule has 0 aliphatic carbocycles. The van der Waals surface area contributed by atoms with Crippen LogP contribution < -0.4 is 4.74 Å². The van der Waals surface area contributed by atoms with Gasteiger partial charge in [0.05, 0.1) is 24.4 Å². The molecular formula is C18H17BrN2O3. The molecule has 24 heavy (non-hydrogen) atoms. The zero-order valence-corrected chi connectivity index (χ0v) is 15.0. The number of hydrogen-bond acceptors (Lipinski definition) is 3.